The molecule has 2 aromatic rings. The van der Waals surface area contributed by atoms with Crippen molar-refractivity contribution in [3.05, 3.63) is 52.1 Å². The highest BCUT2D eigenvalue weighted by Crippen LogP contribution is 2.24. The van der Waals surface area contributed by atoms with Gasteiger partial charge in [0.1, 0.15) is 4.90 Å². The van der Waals surface area contributed by atoms with Crippen LogP contribution in [0.2, 0.25) is 0 Å². The Morgan fingerprint density at radius 2 is 1.79 bits per heavy atom. The van der Waals surface area contributed by atoms with Gasteiger partial charge in [0.15, 0.2) is 5.75 Å². The van der Waals surface area contributed by atoms with Crippen molar-refractivity contribution < 1.29 is 17.4 Å². The van der Waals surface area contributed by atoms with Gasteiger partial charge in [-0.15, -0.1) is 11.6 Å². The second kappa shape index (κ2) is 8.68. The highest BCUT2D eigenvalue weighted by atomic mass is 127. The molecule has 0 aliphatic heterocycles. The number of hydrogen-bond acceptors (Lipinski definition) is 4. The molecule has 0 unspecified atom stereocenters. The van der Waals surface area contributed by atoms with Crippen LogP contribution in [-0.4, -0.2) is 20.2 Å². The smallest absolute Gasteiger partial charge is 0.339 e. The first-order chi connectivity index (χ1) is 11.4. The molecule has 2 aromatic carbocycles. The maximum atomic E-state index is 12.3. The van der Waals surface area contributed by atoms with Gasteiger partial charge in [-0.3, -0.25) is 4.79 Å². The fourth-order valence-electron chi connectivity index (χ4n) is 1.83. The van der Waals surface area contributed by atoms with Crippen LogP contribution in [0, 0.1) is 3.57 Å². The number of carbonyl (C=O) groups excluding carboxylic acids is 1. The molecule has 0 spiro atoms. The van der Waals surface area contributed by atoms with Gasteiger partial charge in [0.25, 0.3) is 0 Å². The molecule has 5 nitrogen and oxygen atoms in total. The van der Waals surface area contributed by atoms with Crippen molar-refractivity contribution in [1.82, 2.24) is 0 Å². The average Bonchev–Trinajstić information content (AvgIpc) is 2.55. The van der Waals surface area contributed by atoms with E-state index in [0.717, 1.165) is 0 Å². The zero-order valence-electron chi connectivity index (χ0n) is 12.5. The van der Waals surface area contributed by atoms with Crippen LogP contribution in [0.4, 0.5) is 5.69 Å². The number of hydrogen-bond donors (Lipinski definition) is 1. The third-order valence-electron chi connectivity index (χ3n) is 3.00. The van der Waals surface area contributed by atoms with Gasteiger partial charge in [-0.2, -0.15) is 8.42 Å². The standard InChI is InChI=1S/C16H15ClINO4S/c17-11-3-6-16(20)19-12-7-9-13(10-8-12)24(21,22)23-15-5-2-1-4-14(15)18/h1-2,4-5,7-10H,3,6,11H2,(H,19,20). The van der Waals surface area contributed by atoms with E-state index in [4.69, 9.17) is 15.8 Å². The van der Waals surface area contributed by atoms with Gasteiger partial charge in [-0.05, 0) is 65.4 Å². The van der Waals surface area contributed by atoms with E-state index in [1.165, 1.54) is 24.3 Å². The van der Waals surface area contributed by atoms with Crippen molar-refractivity contribution in [3.63, 3.8) is 0 Å². The third kappa shape index (κ3) is 5.35. The van der Waals surface area contributed by atoms with Gasteiger partial charge in [0.05, 0.1) is 3.57 Å². The van der Waals surface area contributed by atoms with Crippen molar-refractivity contribution in [2.75, 3.05) is 11.2 Å². The summed E-state index contributed by atoms with van der Waals surface area (Å²) in [6.07, 6.45) is 0.905. The van der Waals surface area contributed by atoms with Crippen LogP contribution in [0.1, 0.15) is 12.8 Å². The largest absolute Gasteiger partial charge is 0.378 e. The quantitative estimate of drug-likeness (QED) is 0.370. The maximum Gasteiger partial charge on any atom is 0.339 e. The fraction of sp³-hybridized carbons (Fsp3) is 0.188. The number of anilines is 1. The summed E-state index contributed by atoms with van der Waals surface area (Å²) < 4.78 is 30.5. The summed E-state index contributed by atoms with van der Waals surface area (Å²) in [5, 5.41) is 2.68. The first-order valence-corrected chi connectivity index (χ1v) is 10.1. The van der Waals surface area contributed by atoms with Crippen molar-refractivity contribution in [2.45, 2.75) is 17.7 Å². The molecule has 2 rings (SSSR count). The minimum Gasteiger partial charge on any atom is -0.378 e. The molecule has 1 amide bonds. The van der Waals surface area contributed by atoms with Crippen molar-refractivity contribution >= 4 is 55.9 Å². The van der Waals surface area contributed by atoms with Crippen LogP contribution >= 0.6 is 34.2 Å². The van der Waals surface area contributed by atoms with Crippen LogP contribution in [0.15, 0.2) is 53.4 Å². The van der Waals surface area contributed by atoms with E-state index in [0.29, 0.717) is 28.0 Å². The van der Waals surface area contributed by atoms with Gasteiger partial charge in [-0.1, -0.05) is 12.1 Å². The third-order valence-corrected chi connectivity index (χ3v) is 5.41. The van der Waals surface area contributed by atoms with Gasteiger partial charge in [0.2, 0.25) is 5.91 Å². The van der Waals surface area contributed by atoms with E-state index in [-0.39, 0.29) is 16.6 Å². The molecule has 1 N–H and O–H groups in total. The van der Waals surface area contributed by atoms with Crippen LogP contribution in [0.5, 0.6) is 5.75 Å². The molecule has 8 heteroatoms. The van der Waals surface area contributed by atoms with Gasteiger partial charge < -0.3 is 9.50 Å². The Hall–Kier alpha value is -1.32. The Kier molecular flexibility index (Phi) is 6.88. The van der Waals surface area contributed by atoms with Crippen LogP contribution < -0.4 is 9.50 Å². The van der Waals surface area contributed by atoms with E-state index in [1.54, 1.807) is 24.3 Å². The highest BCUT2D eigenvalue weighted by Gasteiger charge is 2.18. The molecule has 0 aliphatic carbocycles. The Labute approximate surface area is 159 Å². The summed E-state index contributed by atoms with van der Waals surface area (Å²) in [7, 11) is -3.93. The summed E-state index contributed by atoms with van der Waals surface area (Å²) in [6, 6.07) is 12.7. The topological polar surface area (TPSA) is 72.5 Å². The van der Waals surface area contributed by atoms with E-state index in [9.17, 15) is 13.2 Å². The number of carbonyl (C=O) groups is 1. The van der Waals surface area contributed by atoms with E-state index >= 15 is 0 Å². The van der Waals surface area contributed by atoms with Crippen molar-refractivity contribution in [1.29, 1.82) is 0 Å². The lowest BCUT2D eigenvalue weighted by molar-refractivity contribution is -0.116. The molecule has 0 saturated heterocycles. The zero-order valence-corrected chi connectivity index (χ0v) is 16.3. The van der Waals surface area contributed by atoms with Crippen LogP contribution in [0.3, 0.4) is 0 Å². The number of benzene rings is 2. The lowest BCUT2D eigenvalue weighted by Gasteiger charge is -2.09. The summed E-state index contributed by atoms with van der Waals surface area (Å²) >= 11 is 7.54. The van der Waals surface area contributed by atoms with Crippen LogP contribution in [0.25, 0.3) is 0 Å². The maximum absolute atomic E-state index is 12.3. The predicted octanol–water partition coefficient (Wildman–Crippen LogP) is 4.02. The molecule has 0 bridgehead atoms. The molecule has 0 aromatic heterocycles. The number of para-hydroxylation sites is 1. The first kappa shape index (κ1) is 19.0. The molecule has 0 aliphatic rings. The van der Waals surface area contributed by atoms with E-state index in [1.807, 2.05) is 22.6 Å². The Morgan fingerprint density at radius 1 is 1.12 bits per heavy atom. The Bertz CT molecular complexity index is 809. The molecule has 0 fully saturated rings. The molecular formula is C16H15ClINO4S. The second-order valence-electron chi connectivity index (χ2n) is 4.83. The zero-order chi connectivity index (χ0) is 17.6. The minimum absolute atomic E-state index is 0.0147. The molecule has 128 valence electrons. The lowest BCUT2D eigenvalue weighted by Crippen LogP contribution is -2.12. The SMILES string of the molecule is O=C(CCCCl)Nc1ccc(S(=O)(=O)Oc2ccccc2I)cc1. The highest BCUT2D eigenvalue weighted by molar-refractivity contribution is 14.1. The van der Waals surface area contributed by atoms with E-state index < -0.39 is 10.1 Å². The van der Waals surface area contributed by atoms with Crippen molar-refractivity contribution in [3.8, 4) is 5.75 Å². The van der Waals surface area contributed by atoms with E-state index in [2.05, 4.69) is 5.32 Å². The molecule has 0 heterocycles. The Balaban J connectivity index is 2.09. The summed E-state index contributed by atoms with van der Waals surface area (Å²) in [4.78, 5) is 11.6. The van der Waals surface area contributed by atoms with Crippen molar-refractivity contribution in [2.24, 2.45) is 0 Å². The lowest BCUT2D eigenvalue weighted by atomic mass is 10.3. The Morgan fingerprint density at radius 3 is 2.42 bits per heavy atom. The summed E-state index contributed by atoms with van der Waals surface area (Å²) in [5.74, 6) is 0.526. The number of nitrogens with one attached hydrogen (secondary N) is 1. The monoisotopic (exact) mass is 479 g/mol. The summed E-state index contributed by atoms with van der Waals surface area (Å²) in [6.45, 7) is 0. The normalized spacial score (nSPS) is 11.1. The predicted molar refractivity (Wildman–Crippen MR) is 102 cm³/mol. The minimum atomic E-state index is -3.93. The second-order valence-corrected chi connectivity index (χ2v) is 7.92. The van der Waals surface area contributed by atoms with Gasteiger partial charge >= 0.3 is 10.1 Å². The first-order valence-electron chi connectivity index (χ1n) is 7.07. The summed E-state index contributed by atoms with van der Waals surface area (Å²) in [5.41, 5.74) is 0.516. The molecule has 0 saturated carbocycles. The molecule has 0 radical (unpaired) electrons. The molecular weight excluding hydrogens is 465 g/mol. The molecule has 0 atom stereocenters. The number of amides is 1. The fourth-order valence-corrected chi connectivity index (χ4v) is 3.56. The number of halogens is 2. The van der Waals surface area contributed by atoms with Crippen LogP contribution in [-0.2, 0) is 14.9 Å². The average molecular weight is 480 g/mol. The molecule has 24 heavy (non-hydrogen) atoms. The van der Waals surface area contributed by atoms with Gasteiger partial charge in [-0.25, -0.2) is 0 Å². The van der Waals surface area contributed by atoms with Gasteiger partial charge in [0, 0.05) is 18.0 Å². The number of rotatable bonds is 7. The number of alkyl halides is 1.